The van der Waals surface area contributed by atoms with Crippen LogP contribution in [-0.4, -0.2) is 0 Å². The molecule has 1 rings (SSSR count). The van der Waals surface area contributed by atoms with Crippen LogP contribution >= 0.6 is 0 Å². The highest BCUT2D eigenvalue weighted by Crippen LogP contribution is 2.29. The van der Waals surface area contributed by atoms with Gasteiger partial charge in [0.05, 0.1) is 5.82 Å². The van der Waals surface area contributed by atoms with Crippen molar-refractivity contribution in [1.29, 1.82) is 0 Å². The summed E-state index contributed by atoms with van der Waals surface area (Å²) >= 11 is 0. The summed E-state index contributed by atoms with van der Waals surface area (Å²) in [5.74, 6) is 1.21. The molecule has 11 heavy (non-hydrogen) atoms. The van der Waals surface area contributed by atoms with Crippen LogP contribution in [0.15, 0.2) is 11.4 Å². The van der Waals surface area contributed by atoms with Gasteiger partial charge in [-0.3, -0.25) is 0 Å². The number of hydrogen-bond acceptors (Lipinski definition) is 2. The first-order valence-corrected chi connectivity index (χ1v) is 4.43. The van der Waals surface area contributed by atoms with E-state index in [2.05, 4.69) is 6.92 Å². The minimum absolute atomic E-state index is 0.539. The highest BCUT2D eigenvalue weighted by molar-refractivity contribution is 5.09. The van der Waals surface area contributed by atoms with E-state index in [-0.39, 0.29) is 0 Å². The van der Waals surface area contributed by atoms with Crippen LogP contribution in [0, 0.1) is 5.92 Å². The molecule has 0 amide bonds. The molecule has 0 aromatic rings. The van der Waals surface area contributed by atoms with Crippen molar-refractivity contribution in [3.8, 4) is 0 Å². The monoisotopic (exact) mass is 154 g/mol. The third kappa shape index (κ3) is 2.14. The van der Waals surface area contributed by atoms with Crippen molar-refractivity contribution in [2.75, 3.05) is 0 Å². The van der Waals surface area contributed by atoms with Gasteiger partial charge >= 0.3 is 0 Å². The molecule has 0 aromatic heterocycles. The highest BCUT2D eigenvalue weighted by atomic mass is 14.8. The van der Waals surface area contributed by atoms with Crippen molar-refractivity contribution >= 4 is 0 Å². The molecule has 0 saturated heterocycles. The Balaban J connectivity index is 2.52. The molecular formula is C9H18N2. The molecule has 2 heteroatoms. The van der Waals surface area contributed by atoms with Gasteiger partial charge in [-0.2, -0.15) is 0 Å². The maximum atomic E-state index is 5.52. The molecule has 0 radical (unpaired) electrons. The van der Waals surface area contributed by atoms with E-state index in [1.165, 1.54) is 37.7 Å². The highest BCUT2D eigenvalue weighted by Gasteiger charge is 2.15. The van der Waals surface area contributed by atoms with Crippen LogP contribution in [0.1, 0.15) is 39.0 Å². The maximum Gasteiger partial charge on any atom is 0.0925 e. The number of nitrogens with two attached hydrogens (primary N) is 2. The first kappa shape index (κ1) is 8.44. The lowest BCUT2D eigenvalue weighted by atomic mass is 9.84. The second-order valence-corrected chi connectivity index (χ2v) is 3.47. The third-order valence-electron chi connectivity index (χ3n) is 2.67. The molecule has 0 aliphatic heterocycles. The van der Waals surface area contributed by atoms with Crippen molar-refractivity contribution in [2.45, 2.75) is 39.0 Å². The second kappa shape index (κ2) is 3.65. The second-order valence-electron chi connectivity index (χ2n) is 3.47. The van der Waals surface area contributed by atoms with Gasteiger partial charge < -0.3 is 11.5 Å². The first-order valence-electron chi connectivity index (χ1n) is 4.43. The Morgan fingerprint density at radius 2 is 1.64 bits per heavy atom. The van der Waals surface area contributed by atoms with Crippen molar-refractivity contribution in [2.24, 2.45) is 17.4 Å². The van der Waals surface area contributed by atoms with Gasteiger partial charge in [-0.15, -0.1) is 0 Å². The van der Waals surface area contributed by atoms with Crippen LogP contribution < -0.4 is 11.5 Å². The molecule has 0 bridgehead atoms. The van der Waals surface area contributed by atoms with E-state index in [1.54, 1.807) is 0 Å². The maximum absolute atomic E-state index is 5.52. The molecule has 0 unspecified atom stereocenters. The van der Waals surface area contributed by atoms with E-state index >= 15 is 0 Å². The first-order chi connectivity index (χ1) is 5.22. The Bertz CT molecular complexity index is 151. The summed E-state index contributed by atoms with van der Waals surface area (Å²) in [4.78, 5) is 0. The Morgan fingerprint density at radius 1 is 1.09 bits per heavy atom. The zero-order chi connectivity index (χ0) is 8.27. The molecule has 2 nitrogen and oxygen atoms in total. The van der Waals surface area contributed by atoms with Gasteiger partial charge in [-0.05, 0) is 31.3 Å². The molecule has 0 atom stereocenters. The molecule has 1 fully saturated rings. The number of hydrogen-bond donors (Lipinski definition) is 2. The molecular weight excluding hydrogens is 136 g/mol. The fourth-order valence-electron chi connectivity index (χ4n) is 1.77. The number of allylic oxidation sites excluding steroid dienone is 1. The van der Waals surface area contributed by atoms with Gasteiger partial charge in [-0.25, -0.2) is 0 Å². The van der Waals surface area contributed by atoms with Crippen molar-refractivity contribution < 1.29 is 0 Å². The third-order valence-corrected chi connectivity index (χ3v) is 2.67. The van der Waals surface area contributed by atoms with E-state index in [4.69, 9.17) is 11.5 Å². The summed E-state index contributed by atoms with van der Waals surface area (Å²) in [6.45, 7) is 2.06. The summed E-state index contributed by atoms with van der Waals surface area (Å²) < 4.78 is 0. The van der Waals surface area contributed by atoms with Crippen molar-refractivity contribution in [3.05, 3.63) is 11.4 Å². The predicted molar refractivity (Wildman–Crippen MR) is 47.6 cm³/mol. The van der Waals surface area contributed by atoms with E-state index in [1.807, 2.05) is 0 Å². The van der Waals surface area contributed by atoms with Crippen LogP contribution in [0.5, 0.6) is 0 Å². The Kier molecular flexibility index (Phi) is 2.80. The summed E-state index contributed by atoms with van der Waals surface area (Å²) in [7, 11) is 0. The zero-order valence-electron chi connectivity index (χ0n) is 7.27. The minimum atomic E-state index is 0.539. The van der Waals surface area contributed by atoms with E-state index < -0.39 is 0 Å². The molecule has 64 valence electrons. The molecule has 1 aliphatic rings. The van der Waals surface area contributed by atoms with Gasteiger partial charge in [0.25, 0.3) is 0 Å². The normalized spacial score (nSPS) is 19.7. The smallest absolute Gasteiger partial charge is 0.0925 e. The average molecular weight is 154 g/mol. The fourth-order valence-corrected chi connectivity index (χ4v) is 1.77. The van der Waals surface area contributed by atoms with Gasteiger partial charge in [0, 0.05) is 0 Å². The van der Waals surface area contributed by atoms with Gasteiger partial charge in [0.1, 0.15) is 0 Å². The summed E-state index contributed by atoms with van der Waals surface area (Å²) in [6.07, 6.45) is 6.63. The van der Waals surface area contributed by atoms with Crippen molar-refractivity contribution in [1.82, 2.24) is 0 Å². The largest absolute Gasteiger partial charge is 0.386 e. The summed E-state index contributed by atoms with van der Waals surface area (Å²) in [5.41, 5.74) is 12.3. The Morgan fingerprint density at radius 3 is 2.09 bits per heavy atom. The predicted octanol–water partition coefficient (Wildman–Crippen LogP) is 1.72. The summed E-state index contributed by atoms with van der Waals surface area (Å²) in [6, 6.07) is 0. The molecule has 0 aromatic carbocycles. The molecule has 0 spiro atoms. The lowest BCUT2D eigenvalue weighted by Gasteiger charge is -2.22. The van der Waals surface area contributed by atoms with Crippen LogP contribution in [0.2, 0.25) is 0 Å². The standard InChI is InChI=1S/C9H18N2/c1-7(9(10)11)8-5-3-2-4-6-8/h8H,2-6,10-11H2,1H3. The van der Waals surface area contributed by atoms with Crippen LogP contribution in [0.4, 0.5) is 0 Å². The summed E-state index contributed by atoms with van der Waals surface area (Å²) in [5, 5.41) is 0. The lowest BCUT2D eigenvalue weighted by Crippen LogP contribution is -2.17. The number of rotatable bonds is 1. The minimum Gasteiger partial charge on any atom is -0.386 e. The molecule has 1 aliphatic carbocycles. The van der Waals surface area contributed by atoms with E-state index in [0.717, 1.165) is 0 Å². The van der Waals surface area contributed by atoms with E-state index in [9.17, 15) is 0 Å². The zero-order valence-corrected chi connectivity index (χ0v) is 7.27. The topological polar surface area (TPSA) is 52.0 Å². The van der Waals surface area contributed by atoms with E-state index in [0.29, 0.717) is 11.7 Å². The van der Waals surface area contributed by atoms with Crippen LogP contribution in [-0.2, 0) is 0 Å². The fraction of sp³-hybridized carbons (Fsp3) is 0.778. The SMILES string of the molecule is CC(=C(N)N)C1CCCCC1. The molecule has 4 N–H and O–H groups in total. The Hall–Kier alpha value is -0.660. The quantitative estimate of drug-likeness (QED) is 0.604. The Labute approximate surface area is 68.6 Å². The van der Waals surface area contributed by atoms with Crippen molar-refractivity contribution in [3.63, 3.8) is 0 Å². The lowest BCUT2D eigenvalue weighted by molar-refractivity contribution is 0.400. The molecule has 0 heterocycles. The van der Waals surface area contributed by atoms with Gasteiger partial charge in [0.15, 0.2) is 0 Å². The van der Waals surface area contributed by atoms with Gasteiger partial charge in [0.2, 0.25) is 0 Å². The molecule has 1 saturated carbocycles. The average Bonchev–Trinajstić information content (AvgIpc) is 2.05. The van der Waals surface area contributed by atoms with Crippen LogP contribution in [0.3, 0.4) is 0 Å². The van der Waals surface area contributed by atoms with Crippen LogP contribution in [0.25, 0.3) is 0 Å². The van der Waals surface area contributed by atoms with Gasteiger partial charge in [-0.1, -0.05) is 19.3 Å².